The lowest BCUT2D eigenvalue weighted by Crippen LogP contribution is -1.97. The van der Waals surface area contributed by atoms with Crippen LogP contribution in [0.15, 0.2) is 53.5 Å². The van der Waals surface area contributed by atoms with E-state index in [1.165, 1.54) is 6.07 Å². The van der Waals surface area contributed by atoms with Crippen molar-refractivity contribution in [2.45, 2.75) is 26.3 Å². The zero-order chi connectivity index (χ0) is 18.1. The molecule has 3 aromatic rings. The van der Waals surface area contributed by atoms with E-state index in [0.717, 1.165) is 59.0 Å². The van der Waals surface area contributed by atoms with Crippen molar-refractivity contribution in [2.24, 2.45) is 4.99 Å². The number of nitrogens with zero attached hydrogens (tertiary/aromatic N) is 3. The summed E-state index contributed by atoms with van der Waals surface area (Å²) in [4.78, 5) is 8.94. The van der Waals surface area contributed by atoms with E-state index >= 15 is 0 Å². The second-order valence-corrected chi connectivity index (χ2v) is 6.42. The minimum absolute atomic E-state index is 0.248. The molecule has 0 bridgehead atoms. The summed E-state index contributed by atoms with van der Waals surface area (Å²) in [5.41, 5.74) is 5.61. The number of imidazole rings is 1. The van der Waals surface area contributed by atoms with E-state index in [4.69, 9.17) is 4.98 Å². The van der Waals surface area contributed by atoms with E-state index in [1.807, 2.05) is 37.3 Å². The largest absolute Gasteiger partial charge is 0.327 e. The Kier molecular flexibility index (Phi) is 4.25. The van der Waals surface area contributed by atoms with Crippen LogP contribution in [0.3, 0.4) is 0 Å². The Balaban J connectivity index is 1.94. The van der Waals surface area contributed by atoms with Crippen molar-refractivity contribution in [3.05, 3.63) is 65.7 Å². The number of halogens is 1. The molecule has 0 spiro atoms. The SMILES string of the molecule is C=Nc1ccc(-c2c(-c3cccc(F)c3)nc3n2CCC3)cc1/C=C\C. The maximum Gasteiger partial charge on any atom is 0.123 e. The molecule has 0 saturated carbocycles. The van der Waals surface area contributed by atoms with Gasteiger partial charge in [-0.05, 0) is 44.3 Å². The van der Waals surface area contributed by atoms with Crippen LogP contribution < -0.4 is 0 Å². The van der Waals surface area contributed by atoms with Gasteiger partial charge < -0.3 is 4.57 Å². The lowest BCUT2D eigenvalue weighted by Gasteiger charge is -2.11. The van der Waals surface area contributed by atoms with Crippen LogP contribution in [0, 0.1) is 5.82 Å². The van der Waals surface area contributed by atoms with Crippen molar-refractivity contribution in [3.8, 4) is 22.5 Å². The average molecular weight is 345 g/mol. The predicted molar refractivity (Wildman–Crippen MR) is 105 cm³/mol. The van der Waals surface area contributed by atoms with Gasteiger partial charge in [0.1, 0.15) is 11.6 Å². The summed E-state index contributed by atoms with van der Waals surface area (Å²) in [5.74, 6) is 0.820. The van der Waals surface area contributed by atoms with Crippen LogP contribution >= 0.6 is 0 Å². The van der Waals surface area contributed by atoms with Gasteiger partial charge in [-0.15, -0.1) is 0 Å². The molecule has 0 fully saturated rings. The maximum atomic E-state index is 13.8. The molecule has 26 heavy (non-hydrogen) atoms. The van der Waals surface area contributed by atoms with Crippen LogP contribution in [-0.2, 0) is 13.0 Å². The Morgan fingerprint density at radius 1 is 1.19 bits per heavy atom. The molecule has 4 heteroatoms. The first-order chi connectivity index (χ1) is 12.7. The Hall–Kier alpha value is -3.01. The molecule has 0 N–H and O–H groups in total. The van der Waals surface area contributed by atoms with E-state index in [9.17, 15) is 4.39 Å². The Morgan fingerprint density at radius 2 is 2.08 bits per heavy atom. The molecule has 1 aliphatic heterocycles. The van der Waals surface area contributed by atoms with Gasteiger partial charge in [-0.25, -0.2) is 9.37 Å². The van der Waals surface area contributed by atoms with Crippen molar-refractivity contribution in [2.75, 3.05) is 0 Å². The van der Waals surface area contributed by atoms with Crippen LogP contribution in [0.1, 0.15) is 24.7 Å². The number of aliphatic imine (C=N–C) groups is 1. The summed E-state index contributed by atoms with van der Waals surface area (Å²) in [7, 11) is 0. The first-order valence-electron chi connectivity index (χ1n) is 8.80. The van der Waals surface area contributed by atoms with E-state index in [0.29, 0.717) is 0 Å². The number of benzene rings is 2. The second-order valence-electron chi connectivity index (χ2n) is 6.42. The fourth-order valence-corrected chi connectivity index (χ4v) is 3.61. The number of hydrogen-bond donors (Lipinski definition) is 0. The van der Waals surface area contributed by atoms with Crippen LogP contribution in [0.25, 0.3) is 28.6 Å². The summed E-state index contributed by atoms with van der Waals surface area (Å²) in [6.07, 6.45) is 6.06. The van der Waals surface area contributed by atoms with Gasteiger partial charge in [0.05, 0.1) is 17.1 Å². The molecule has 0 atom stereocenters. The highest BCUT2D eigenvalue weighted by Gasteiger charge is 2.23. The third kappa shape index (κ3) is 2.77. The summed E-state index contributed by atoms with van der Waals surface area (Å²) < 4.78 is 16.1. The number of fused-ring (bicyclic) bond motifs is 1. The lowest BCUT2D eigenvalue weighted by atomic mass is 10.0. The lowest BCUT2D eigenvalue weighted by molar-refractivity contribution is 0.628. The summed E-state index contributed by atoms with van der Waals surface area (Å²) in [6, 6.07) is 12.8. The zero-order valence-corrected chi connectivity index (χ0v) is 14.7. The third-order valence-corrected chi connectivity index (χ3v) is 4.74. The molecule has 0 unspecified atom stereocenters. The Bertz CT molecular complexity index is 1010. The first kappa shape index (κ1) is 16.5. The minimum Gasteiger partial charge on any atom is -0.327 e. The highest BCUT2D eigenvalue weighted by molar-refractivity contribution is 5.82. The standard InChI is InChI=1S/C22H20FN3/c1-3-6-15-13-17(10-11-19(15)24-2)22-21(16-7-4-8-18(23)14-16)25-20-9-5-12-26(20)22/h3-4,6-8,10-11,13-14H,2,5,9,12H2,1H3/b6-3-. The molecule has 0 saturated heterocycles. The average Bonchev–Trinajstić information content (AvgIpc) is 3.23. The van der Waals surface area contributed by atoms with Gasteiger partial charge in [-0.1, -0.05) is 30.4 Å². The topological polar surface area (TPSA) is 30.2 Å². The minimum atomic E-state index is -0.248. The molecule has 2 aromatic carbocycles. The highest BCUT2D eigenvalue weighted by atomic mass is 19.1. The Labute approximate surface area is 152 Å². The van der Waals surface area contributed by atoms with Crippen LogP contribution in [0.5, 0.6) is 0 Å². The molecule has 0 radical (unpaired) electrons. The van der Waals surface area contributed by atoms with Gasteiger partial charge in [0, 0.05) is 29.7 Å². The van der Waals surface area contributed by atoms with Gasteiger partial charge in [0.25, 0.3) is 0 Å². The third-order valence-electron chi connectivity index (χ3n) is 4.74. The van der Waals surface area contributed by atoms with Crippen molar-refractivity contribution in [1.82, 2.24) is 9.55 Å². The summed E-state index contributed by atoms with van der Waals surface area (Å²) >= 11 is 0. The molecule has 1 aromatic heterocycles. The second kappa shape index (κ2) is 6.71. The molecular weight excluding hydrogens is 325 g/mol. The quantitative estimate of drug-likeness (QED) is 0.561. The highest BCUT2D eigenvalue weighted by Crippen LogP contribution is 2.37. The van der Waals surface area contributed by atoms with E-state index in [1.54, 1.807) is 12.1 Å². The zero-order valence-electron chi connectivity index (χ0n) is 14.7. The van der Waals surface area contributed by atoms with Gasteiger partial charge in [-0.2, -0.15) is 0 Å². The van der Waals surface area contributed by atoms with Crippen molar-refractivity contribution in [3.63, 3.8) is 0 Å². The normalized spacial score (nSPS) is 13.3. The van der Waals surface area contributed by atoms with Crippen LogP contribution in [-0.4, -0.2) is 16.3 Å². The number of aromatic nitrogens is 2. The molecule has 0 aliphatic carbocycles. The number of allylic oxidation sites excluding steroid dienone is 1. The Morgan fingerprint density at radius 3 is 2.85 bits per heavy atom. The van der Waals surface area contributed by atoms with Crippen LogP contribution in [0.4, 0.5) is 10.1 Å². The van der Waals surface area contributed by atoms with Gasteiger partial charge >= 0.3 is 0 Å². The molecular formula is C22H20FN3. The first-order valence-corrected chi connectivity index (χ1v) is 8.80. The van der Waals surface area contributed by atoms with Crippen molar-refractivity contribution < 1.29 is 4.39 Å². The molecule has 4 rings (SSSR count). The summed E-state index contributed by atoms with van der Waals surface area (Å²) in [5, 5.41) is 0. The number of hydrogen-bond acceptors (Lipinski definition) is 2. The van der Waals surface area contributed by atoms with E-state index < -0.39 is 0 Å². The number of rotatable bonds is 4. The predicted octanol–water partition coefficient (Wildman–Crippen LogP) is 5.67. The van der Waals surface area contributed by atoms with E-state index in [-0.39, 0.29) is 5.82 Å². The van der Waals surface area contributed by atoms with Crippen molar-refractivity contribution >= 4 is 18.5 Å². The molecule has 0 amide bonds. The van der Waals surface area contributed by atoms with E-state index in [2.05, 4.69) is 22.3 Å². The molecule has 3 nitrogen and oxygen atoms in total. The fourth-order valence-electron chi connectivity index (χ4n) is 3.61. The number of aryl methyl sites for hydroxylation is 1. The van der Waals surface area contributed by atoms with Crippen LogP contribution in [0.2, 0.25) is 0 Å². The monoisotopic (exact) mass is 345 g/mol. The van der Waals surface area contributed by atoms with Gasteiger partial charge in [0.2, 0.25) is 0 Å². The fraction of sp³-hybridized carbons (Fsp3) is 0.182. The van der Waals surface area contributed by atoms with Gasteiger partial charge in [0.15, 0.2) is 0 Å². The molecule has 2 heterocycles. The van der Waals surface area contributed by atoms with Crippen molar-refractivity contribution in [1.29, 1.82) is 0 Å². The van der Waals surface area contributed by atoms with Gasteiger partial charge in [-0.3, -0.25) is 4.99 Å². The molecule has 1 aliphatic rings. The smallest absolute Gasteiger partial charge is 0.123 e. The summed E-state index contributed by atoms with van der Waals surface area (Å²) in [6.45, 7) is 6.57. The maximum absolute atomic E-state index is 13.8. The molecule has 130 valence electrons.